The average Bonchev–Trinajstić information content (AvgIpc) is 3.10. The Balaban J connectivity index is 1.57. The first kappa shape index (κ1) is 19.8. The molecule has 1 fully saturated rings. The monoisotopic (exact) mass is 415 g/mol. The summed E-state index contributed by atoms with van der Waals surface area (Å²) in [5.41, 5.74) is 2.36. The van der Waals surface area contributed by atoms with Gasteiger partial charge in [-0.1, -0.05) is 12.1 Å². The van der Waals surface area contributed by atoms with Gasteiger partial charge in [-0.15, -0.1) is 0 Å². The Bertz CT molecular complexity index is 869. The molecule has 0 amide bonds. The Morgan fingerprint density at radius 1 is 1.27 bits per heavy atom. The number of hydrogen-bond donors (Lipinski definition) is 0. The lowest BCUT2D eigenvalue weighted by atomic mass is 9.53. The summed E-state index contributed by atoms with van der Waals surface area (Å²) in [6.07, 6.45) is 5.77. The molecular weight excluding hydrogens is 386 g/mol. The van der Waals surface area contributed by atoms with Gasteiger partial charge >= 0.3 is 5.97 Å². The van der Waals surface area contributed by atoms with E-state index in [-0.39, 0.29) is 30.7 Å². The van der Waals surface area contributed by atoms with Gasteiger partial charge in [0.05, 0.1) is 13.0 Å². The number of esters is 1. The molecule has 30 heavy (non-hydrogen) atoms. The first-order valence-corrected chi connectivity index (χ1v) is 10.6. The molecule has 7 heteroatoms. The summed E-state index contributed by atoms with van der Waals surface area (Å²) in [5.74, 6) is 1.54. The molecule has 1 aromatic carbocycles. The van der Waals surface area contributed by atoms with Gasteiger partial charge in [0, 0.05) is 37.2 Å². The van der Waals surface area contributed by atoms with Crippen LogP contribution in [0.15, 0.2) is 24.3 Å². The van der Waals surface area contributed by atoms with Crippen LogP contribution < -0.4 is 9.47 Å². The second-order valence-electron chi connectivity index (χ2n) is 8.67. The minimum atomic E-state index is -0.428. The van der Waals surface area contributed by atoms with E-state index in [1.807, 2.05) is 12.1 Å². The smallest absolute Gasteiger partial charge is 0.308 e. The number of benzene rings is 1. The number of methoxy groups -OCH3 is 2. The average molecular weight is 415 g/mol. The van der Waals surface area contributed by atoms with E-state index in [9.17, 15) is 4.79 Å². The molecule has 2 unspecified atom stereocenters. The van der Waals surface area contributed by atoms with E-state index in [0.29, 0.717) is 24.3 Å². The number of nitrogens with zero attached hydrogens (tertiary/aromatic N) is 1. The number of hydrogen-bond acceptors (Lipinski definition) is 7. The molecular formula is C23H29NO6. The highest BCUT2D eigenvalue weighted by atomic mass is 16.7. The SMILES string of the molecule is COCCC(=O)OC1C=C[C@H]2[C@H]3Cc4ccc(OCOC)c5c4[C@@]2(CCN3C)C1O5. The van der Waals surface area contributed by atoms with Crippen LogP contribution in [0.2, 0.25) is 0 Å². The molecule has 0 radical (unpaired) electrons. The van der Waals surface area contributed by atoms with Crippen molar-refractivity contribution >= 4 is 5.97 Å². The van der Waals surface area contributed by atoms with Gasteiger partial charge in [0.1, 0.15) is 6.10 Å². The van der Waals surface area contributed by atoms with E-state index in [2.05, 4.69) is 24.1 Å². The van der Waals surface area contributed by atoms with Crippen LogP contribution in [-0.2, 0) is 30.8 Å². The molecule has 2 heterocycles. The number of likely N-dealkylation sites (tertiary alicyclic amines) is 1. The number of ether oxygens (including phenoxy) is 5. The molecule has 4 aliphatic rings. The molecule has 2 bridgehead atoms. The fraction of sp³-hybridized carbons (Fsp3) is 0.609. The zero-order valence-corrected chi connectivity index (χ0v) is 17.8. The quantitative estimate of drug-likeness (QED) is 0.384. The lowest BCUT2D eigenvalue weighted by Gasteiger charge is -2.56. The molecule has 5 rings (SSSR count). The molecule has 0 saturated carbocycles. The maximum Gasteiger partial charge on any atom is 0.308 e. The van der Waals surface area contributed by atoms with Crippen LogP contribution >= 0.6 is 0 Å². The van der Waals surface area contributed by atoms with Crippen LogP contribution in [0.1, 0.15) is 24.0 Å². The summed E-state index contributed by atoms with van der Waals surface area (Å²) < 4.78 is 28.5. The van der Waals surface area contributed by atoms with Crippen LogP contribution in [0, 0.1) is 5.92 Å². The summed E-state index contributed by atoms with van der Waals surface area (Å²) in [4.78, 5) is 14.8. The highest BCUT2D eigenvalue weighted by molar-refractivity contribution is 5.70. The zero-order chi connectivity index (χ0) is 20.9. The zero-order valence-electron chi connectivity index (χ0n) is 17.8. The molecule has 0 N–H and O–H groups in total. The standard InChI is InChI=1S/C23H29NO6/c1-24-10-9-23-15-5-7-18(29-19(25)8-11-26-2)22(23)30-21-17(28-13-27-3)6-4-14(20(21)23)12-16(15)24/h4-7,15-16,18,22H,8-13H2,1-3H3/t15-,16+,18?,22?,23-/m0/s1. The molecule has 162 valence electrons. The molecule has 1 aromatic rings. The molecule has 2 aliphatic heterocycles. The van der Waals surface area contributed by atoms with Gasteiger partial charge in [0.2, 0.25) is 0 Å². The van der Waals surface area contributed by atoms with Gasteiger partial charge in [-0.3, -0.25) is 4.79 Å². The molecule has 7 nitrogen and oxygen atoms in total. The number of carbonyl (C=O) groups excluding carboxylic acids is 1. The Morgan fingerprint density at radius 2 is 2.13 bits per heavy atom. The largest absolute Gasteiger partial charge is 0.481 e. The Hall–Kier alpha value is -2.09. The van der Waals surface area contributed by atoms with E-state index in [1.54, 1.807) is 14.2 Å². The van der Waals surface area contributed by atoms with Crippen LogP contribution in [0.3, 0.4) is 0 Å². The van der Waals surface area contributed by atoms with Crippen molar-refractivity contribution in [2.75, 3.05) is 41.2 Å². The van der Waals surface area contributed by atoms with E-state index in [4.69, 9.17) is 23.7 Å². The molecule has 0 aromatic heterocycles. The van der Waals surface area contributed by atoms with Crippen LogP contribution in [-0.4, -0.2) is 70.3 Å². The van der Waals surface area contributed by atoms with Crippen LogP contribution in [0.5, 0.6) is 11.5 Å². The van der Waals surface area contributed by atoms with Crippen molar-refractivity contribution in [3.8, 4) is 11.5 Å². The van der Waals surface area contributed by atoms with Gasteiger partial charge in [-0.05, 0) is 44.1 Å². The molecule has 1 spiro atoms. The van der Waals surface area contributed by atoms with Crippen molar-refractivity contribution < 1.29 is 28.5 Å². The summed E-state index contributed by atoms with van der Waals surface area (Å²) in [5, 5.41) is 0. The summed E-state index contributed by atoms with van der Waals surface area (Å²) in [6.45, 7) is 1.50. The maximum absolute atomic E-state index is 12.4. The molecule has 1 saturated heterocycles. The van der Waals surface area contributed by atoms with Gasteiger partial charge in [-0.2, -0.15) is 0 Å². The van der Waals surface area contributed by atoms with Crippen molar-refractivity contribution in [1.29, 1.82) is 0 Å². The van der Waals surface area contributed by atoms with Crippen LogP contribution in [0.25, 0.3) is 0 Å². The Kier molecular flexibility index (Phi) is 5.00. The summed E-state index contributed by atoms with van der Waals surface area (Å²) in [7, 11) is 5.39. The first-order chi connectivity index (χ1) is 14.6. The van der Waals surface area contributed by atoms with Gasteiger partial charge < -0.3 is 28.6 Å². The van der Waals surface area contributed by atoms with Gasteiger partial charge in [0.15, 0.2) is 24.4 Å². The van der Waals surface area contributed by atoms with Crippen molar-refractivity contribution in [3.63, 3.8) is 0 Å². The number of likely N-dealkylation sites (N-methyl/N-ethyl adjacent to an activating group) is 1. The normalized spacial score (nSPS) is 33.0. The minimum Gasteiger partial charge on any atom is -0.481 e. The lowest BCUT2D eigenvalue weighted by molar-refractivity contribution is -0.155. The van der Waals surface area contributed by atoms with Crippen molar-refractivity contribution in [3.05, 3.63) is 35.4 Å². The van der Waals surface area contributed by atoms with Crippen molar-refractivity contribution in [2.24, 2.45) is 5.92 Å². The second kappa shape index (κ2) is 7.55. The third-order valence-corrected chi connectivity index (χ3v) is 7.23. The minimum absolute atomic E-state index is 0.162. The van der Waals surface area contributed by atoms with Crippen LogP contribution in [0.4, 0.5) is 0 Å². The third kappa shape index (κ3) is 2.79. The molecule has 2 aliphatic carbocycles. The summed E-state index contributed by atoms with van der Waals surface area (Å²) in [6, 6.07) is 4.55. The third-order valence-electron chi connectivity index (χ3n) is 7.23. The lowest BCUT2D eigenvalue weighted by Crippen LogP contribution is -2.65. The predicted octanol–water partition coefficient (Wildman–Crippen LogP) is 2.06. The Labute approximate surface area is 176 Å². The predicted molar refractivity (Wildman–Crippen MR) is 109 cm³/mol. The van der Waals surface area contributed by atoms with Gasteiger partial charge in [0.25, 0.3) is 0 Å². The van der Waals surface area contributed by atoms with E-state index in [0.717, 1.165) is 25.1 Å². The van der Waals surface area contributed by atoms with E-state index >= 15 is 0 Å². The number of carbonyl (C=O) groups is 1. The first-order valence-electron chi connectivity index (χ1n) is 10.6. The topological polar surface area (TPSA) is 66.5 Å². The highest BCUT2D eigenvalue weighted by Gasteiger charge is 2.65. The molecule has 5 atom stereocenters. The van der Waals surface area contributed by atoms with Crippen molar-refractivity contribution in [1.82, 2.24) is 4.90 Å². The van der Waals surface area contributed by atoms with E-state index in [1.165, 1.54) is 11.1 Å². The fourth-order valence-electron chi connectivity index (χ4n) is 5.94. The van der Waals surface area contributed by atoms with Gasteiger partial charge in [-0.25, -0.2) is 0 Å². The Morgan fingerprint density at radius 3 is 2.93 bits per heavy atom. The second-order valence-corrected chi connectivity index (χ2v) is 8.67. The maximum atomic E-state index is 12.4. The number of piperidine rings is 1. The van der Waals surface area contributed by atoms with E-state index < -0.39 is 6.10 Å². The highest BCUT2D eigenvalue weighted by Crippen LogP contribution is 2.62. The fourth-order valence-corrected chi connectivity index (χ4v) is 5.94. The summed E-state index contributed by atoms with van der Waals surface area (Å²) >= 11 is 0. The van der Waals surface area contributed by atoms with Crippen molar-refractivity contribution in [2.45, 2.75) is 42.9 Å². The number of rotatable bonds is 7.